The molecule has 2 N–H and O–H groups in total. The van der Waals surface area contributed by atoms with Crippen LogP contribution in [0, 0.1) is 0 Å². The van der Waals surface area contributed by atoms with E-state index in [4.69, 9.17) is 5.73 Å². The number of thiazole rings is 1. The molecule has 0 saturated carbocycles. The maximum Gasteiger partial charge on any atom is 0.191 e. The Balaban J connectivity index is 1.71. The first kappa shape index (κ1) is 15.1. The van der Waals surface area contributed by atoms with Crippen molar-refractivity contribution in [2.45, 2.75) is 32.6 Å². The molecule has 1 aromatic rings. The Labute approximate surface area is 125 Å². The minimum Gasteiger partial charge on any atom is -0.370 e. The Morgan fingerprint density at radius 1 is 1.30 bits per heavy atom. The van der Waals surface area contributed by atoms with E-state index in [1.54, 1.807) is 11.3 Å². The van der Waals surface area contributed by atoms with Crippen molar-refractivity contribution in [2.75, 3.05) is 37.6 Å². The van der Waals surface area contributed by atoms with Crippen molar-refractivity contribution in [3.63, 3.8) is 0 Å². The van der Waals surface area contributed by atoms with Gasteiger partial charge in [-0.15, -0.1) is 11.3 Å². The van der Waals surface area contributed by atoms with Gasteiger partial charge < -0.3 is 15.5 Å². The number of hydrogen-bond donors (Lipinski definition) is 1. The molecule has 1 aliphatic rings. The van der Waals surface area contributed by atoms with E-state index in [1.807, 2.05) is 11.6 Å². The van der Waals surface area contributed by atoms with Crippen molar-refractivity contribution < 1.29 is 0 Å². The topological polar surface area (TPSA) is 57.8 Å². The molecule has 1 aliphatic heterocycles. The van der Waals surface area contributed by atoms with Gasteiger partial charge in [-0.2, -0.15) is 0 Å². The van der Waals surface area contributed by atoms with E-state index < -0.39 is 0 Å². The van der Waals surface area contributed by atoms with Crippen molar-refractivity contribution >= 4 is 22.4 Å². The third-order valence-electron chi connectivity index (χ3n) is 3.58. The molecular weight excluding hydrogens is 270 g/mol. The lowest BCUT2D eigenvalue weighted by Crippen LogP contribution is -2.51. The van der Waals surface area contributed by atoms with Crippen LogP contribution < -0.4 is 10.6 Å². The van der Waals surface area contributed by atoms with Gasteiger partial charge in [0.1, 0.15) is 0 Å². The molecule has 0 bridgehead atoms. The van der Waals surface area contributed by atoms with E-state index >= 15 is 0 Å². The van der Waals surface area contributed by atoms with Crippen molar-refractivity contribution in [1.29, 1.82) is 0 Å². The standard InChI is InChI=1S/C14H25N5S/c1-2-3-4-5-6-16-13(15)18-8-10-19(11-9-18)14-17-7-12-20-14/h7,12H,2-6,8-11H2,1H3,(H2,15,16). The number of nitrogens with two attached hydrogens (primary N) is 1. The van der Waals surface area contributed by atoms with E-state index in [2.05, 4.69) is 26.7 Å². The van der Waals surface area contributed by atoms with Gasteiger partial charge >= 0.3 is 0 Å². The predicted octanol–water partition coefficient (Wildman–Crippen LogP) is 2.16. The molecule has 1 saturated heterocycles. The molecule has 2 heterocycles. The Morgan fingerprint density at radius 2 is 2.10 bits per heavy atom. The molecule has 0 atom stereocenters. The average molecular weight is 295 g/mol. The number of rotatable bonds is 6. The van der Waals surface area contributed by atoms with Crippen LogP contribution in [0.4, 0.5) is 5.13 Å². The number of nitrogens with zero attached hydrogens (tertiary/aromatic N) is 4. The van der Waals surface area contributed by atoms with Gasteiger partial charge in [-0.1, -0.05) is 26.2 Å². The number of anilines is 1. The molecule has 0 radical (unpaired) electrons. The summed E-state index contributed by atoms with van der Waals surface area (Å²) in [6, 6.07) is 0. The third kappa shape index (κ3) is 4.37. The molecule has 0 amide bonds. The molecule has 0 unspecified atom stereocenters. The average Bonchev–Trinajstić information content (AvgIpc) is 3.01. The number of aromatic nitrogens is 1. The summed E-state index contributed by atoms with van der Waals surface area (Å²) in [5.74, 6) is 0.709. The first-order valence-electron chi connectivity index (χ1n) is 7.50. The molecule has 2 rings (SSSR count). The van der Waals surface area contributed by atoms with Gasteiger partial charge in [0, 0.05) is 44.3 Å². The van der Waals surface area contributed by atoms with E-state index in [9.17, 15) is 0 Å². The largest absolute Gasteiger partial charge is 0.370 e. The fourth-order valence-corrected chi connectivity index (χ4v) is 3.03. The van der Waals surface area contributed by atoms with E-state index in [0.29, 0.717) is 5.96 Å². The summed E-state index contributed by atoms with van der Waals surface area (Å²) < 4.78 is 0. The van der Waals surface area contributed by atoms with Crippen LogP contribution in [0.1, 0.15) is 32.6 Å². The first-order valence-corrected chi connectivity index (χ1v) is 8.38. The Morgan fingerprint density at radius 3 is 2.75 bits per heavy atom. The fourth-order valence-electron chi connectivity index (χ4n) is 2.33. The summed E-state index contributed by atoms with van der Waals surface area (Å²) in [6.45, 7) is 6.89. The lowest BCUT2D eigenvalue weighted by atomic mass is 10.2. The number of hydrogen-bond acceptors (Lipinski definition) is 4. The quantitative estimate of drug-likeness (QED) is 0.496. The maximum absolute atomic E-state index is 6.07. The Kier molecular flexibility index (Phi) is 6.11. The first-order chi connectivity index (χ1) is 9.81. The molecule has 0 aliphatic carbocycles. The van der Waals surface area contributed by atoms with Gasteiger partial charge in [-0.3, -0.25) is 4.99 Å². The van der Waals surface area contributed by atoms with Crippen molar-refractivity contribution in [1.82, 2.24) is 9.88 Å². The highest BCUT2D eigenvalue weighted by Crippen LogP contribution is 2.18. The minimum atomic E-state index is 0.709. The van der Waals surface area contributed by atoms with Gasteiger partial charge in [-0.25, -0.2) is 4.98 Å². The highest BCUT2D eigenvalue weighted by atomic mass is 32.1. The van der Waals surface area contributed by atoms with Crippen molar-refractivity contribution in [2.24, 2.45) is 10.7 Å². The van der Waals surface area contributed by atoms with E-state index in [1.165, 1.54) is 19.3 Å². The summed E-state index contributed by atoms with van der Waals surface area (Å²) in [4.78, 5) is 13.3. The zero-order valence-corrected chi connectivity index (χ0v) is 13.1. The minimum absolute atomic E-state index is 0.709. The van der Waals surface area contributed by atoms with Crippen molar-refractivity contribution in [3.05, 3.63) is 11.6 Å². The summed E-state index contributed by atoms with van der Waals surface area (Å²) in [6.07, 6.45) is 6.82. The molecule has 6 heteroatoms. The second-order valence-corrected chi connectivity index (χ2v) is 5.96. The van der Waals surface area contributed by atoms with Crippen LogP contribution >= 0.6 is 11.3 Å². The maximum atomic E-state index is 6.07. The lowest BCUT2D eigenvalue weighted by molar-refractivity contribution is 0.380. The van der Waals surface area contributed by atoms with Gasteiger partial charge in [0.05, 0.1) is 0 Å². The molecular formula is C14H25N5S. The molecule has 5 nitrogen and oxygen atoms in total. The zero-order valence-electron chi connectivity index (χ0n) is 12.3. The monoisotopic (exact) mass is 295 g/mol. The van der Waals surface area contributed by atoms with Gasteiger partial charge in [0.25, 0.3) is 0 Å². The highest BCUT2D eigenvalue weighted by molar-refractivity contribution is 7.13. The summed E-state index contributed by atoms with van der Waals surface area (Å²) in [5.41, 5.74) is 6.07. The lowest BCUT2D eigenvalue weighted by Gasteiger charge is -2.35. The van der Waals surface area contributed by atoms with E-state index in [0.717, 1.165) is 44.3 Å². The Hall–Kier alpha value is -1.30. The summed E-state index contributed by atoms with van der Waals surface area (Å²) in [7, 11) is 0. The van der Waals surface area contributed by atoms with Crippen LogP contribution in [0.2, 0.25) is 0 Å². The molecule has 20 heavy (non-hydrogen) atoms. The molecule has 112 valence electrons. The number of guanidine groups is 1. The van der Waals surface area contributed by atoms with Crippen LogP contribution in [-0.4, -0.2) is 48.6 Å². The summed E-state index contributed by atoms with van der Waals surface area (Å²) in [5, 5.41) is 3.13. The van der Waals surface area contributed by atoms with Crippen LogP contribution in [0.25, 0.3) is 0 Å². The van der Waals surface area contributed by atoms with Gasteiger partial charge in [0.2, 0.25) is 0 Å². The third-order valence-corrected chi connectivity index (χ3v) is 4.41. The second-order valence-electron chi connectivity index (χ2n) is 5.09. The van der Waals surface area contributed by atoms with Crippen LogP contribution in [0.15, 0.2) is 16.6 Å². The SMILES string of the molecule is CCCCCCN=C(N)N1CCN(c2nccs2)CC1. The number of aliphatic imine (C=N–C) groups is 1. The molecule has 1 aromatic heterocycles. The molecule has 0 aromatic carbocycles. The van der Waals surface area contributed by atoms with Gasteiger partial charge in [0.15, 0.2) is 11.1 Å². The summed E-state index contributed by atoms with van der Waals surface area (Å²) >= 11 is 1.70. The van der Waals surface area contributed by atoms with Crippen LogP contribution in [0.5, 0.6) is 0 Å². The Bertz CT molecular complexity index is 396. The molecule has 0 spiro atoms. The van der Waals surface area contributed by atoms with Crippen molar-refractivity contribution in [3.8, 4) is 0 Å². The fraction of sp³-hybridized carbons (Fsp3) is 0.714. The van der Waals surface area contributed by atoms with Crippen LogP contribution in [0.3, 0.4) is 0 Å². The molecule has 1 fully saturated rings. The number of piperazine rings is 1. The van der Waals surface area contributed by atoms with Gasteiger partial charge in [-0.05, 0) is 6.42 Å². The van der Waals surface area contributed by atoms with E-state index in [-0.39, 0.29) is 0 Å². The smallest absolute Gasteiger partial charge is 0.191 e. The number of unbranched alkanes of at least 4 members (excludes halogenated alkanes) is 3. The van der Waals surface area contributed by atoms with Crippen LogP contribution in [-0.2, 0) is 0 Å². The second kappa shape index (κ2) is 8.09. The highest BCUT2D eigenvalue weighted by Gasteiger charge is 2.19. The normalized spacial score (nSPS) is 16.8. The zero-order chi connectivity index (χ0) is 14.2. The predicted molar refractivity (Wildman–Crippen MR) is 86.5 cm³/mol.